The molecule has 3 heteroatoms. The van der Waals surface area contributed by atoms with Gasteiger partial charge in [0, 0.05) is 6.07 Å². The molecule has 1 heterocycles. The summed E-state index contributed by atoms with van der Waals surface area (Å²) in [6.45, 7) is 4.19. The number of aromatic nitrogens is 1. The Morgan fingerprint density at radius 2 is 2.45 bits per heavy atom. The average Bonchev–Trinajstić information content (AvgIpc) is 2.34. The maximum atomic E-state index is 10.2. The van der Waals surface area contributed by atoms with Crippen LogP contribution in [-0.2, 0) is 6.42 Å². The Hall–Kier alpha value is -1.12. The second-order valence-corrected chi connectivity index (χ2v) is 2.94. The lowest BCUT2D eigenvalue weighted by atomic mass is 10.1. The van der Waals surface area contributed by atoms with E-state index in [4.69, 9.17) is 4.52 Å². The molecule has 3 nitrogen and oxygen atoms in total. The van der Waals surface area contributed by atoms with Crippen LogP contribution >= 0.6 is 0 Å². The third-order valence-corrected chi connectivity index (χ3v) is 1.31. The molecule has 0 atom stereocenters. The minimum Gasteiger partial charge on any atom is -0.353 e. The maximum Gasteiger partial charge on any atom is 0.199 e. The van der Waals surface area contributed by atoms with Crippen molar-refractivity contribution < 1.29 is 9.32 Å². The van der Waals surface area contributed by atoms with Crippen molar-refractivity contribution in [2.45, 2.75) is 20.3 Å². The van der Waals surface area contributed by atoms with Crippen LogP contribution in [0.25, 0.3) is 0 Å². The van der Waals surface area contributed by atoms with Crippen molar-refractivity contribution in [1.29, 1.82) is 0 Å². The molecule has 0 N–H and O–H groups in total. The van der Waals surface area contributed by atoms with Gasteiger partial charge in [-0.1, -0.05) is 19.0 Å². The van der Waals surface area contributed by atoms with E-state index in [1.807, 2.05) is 0 Å². The van der Waals surface area contributed by atoms with Crippen molar-refractivity contribution in [3.63, 3.8) is 0 Å². The first kappa shape index (κ1) is 7.98. The summed E-state index contributed by atoms with van der Waals surface area (Å²) in [6, 6.07) is 1.67. The molecule has 0 saturated carbocycles. The minimum atomic E-state index is 0.306. The number of carbonyl (C=O) groups is 1. The molecule has 0 unspecified atom stereocenters. The predicted octanol–water partition coefficient (Wildman–Crippen LogP) is 1.69. The number of hydrogen-bond donors (Lipinski definition) is 0. The van der Waals surface area contributed by atoms with Gasteiger partial charge in [0.25, 0.3) is 0 Å². The van der Waals surface area contributed by atoms with E-state index in [9.17, 15) is 4.79 Å². The second kappa shape index (κ2) is 3.32. The van der Waals surface area contributed by atoms with E-state index in [-0.39, 0.29) is 0 Å². The van der Waals surface area contributed by atoms with Crippen LogP contribution in [0.1, 0.15) is 30.1 Å². The lowest BCUT2D eigenvalue weighted by molar-refractivity contribution is 0.109. The van der Waals surface area contributed by atoms with Gasteiger partial charge in [-0.05, 0) is 12.3 Å². The van der Waals surface area contributed by atoms with Crippen molar-refractivity contribution in [2.75, 3.05) is 0 Å². The highest BCUT2D eigenvalue weighted by Crippen LogP contribution is 2.07. The molecule has 1 aromatic rings. The highest BCUT2D eigenvalue weighted by Gasteiger charge is 2.03. The lowest BCUT2D eigenvalue weighted by Gasteiger charge is -1.96. The first-order valence-electron chi connectivity index (χ1n) is 3.63. The monoisotopic (exact) mass is 153 g/mol. The Morgan fingerprint density at radius 3 is 2.91 bits per heavy atom. The zero-order chi connectivity index (χ0) is 8.27. The normalized spacial score (nSPS) is 10.5. The predicted molar refractivity (Wildman–Crippen MR) is 40.4 cm³/mol. The van der Waals surface area contributed by atoms with Crippen LogP contribution < -0.4 is 0 Å². The zero-order valence-electron chi connectivity index (χ0n) is 6.70. The number of rotatable bonds is 3. The first-order chi connectivity index (χ1) is 5.22. The Kier molecular flexibility index (Phi) is 2.41. The van der Waals surface area contributed by atoms with Gasteiger partial charge in [-0.25, -0.2) is 0 Å². The van der Waals surface area contributed by atoms with Gasteiger partial charge in [-0.2, -0.15) is 0 Å². The third kappa shape index (κ3) is 2.18. The molecule has 0 aliphatic carbocycles. The van der Waals surface area contributed by atoms with E-state index in [2.05, 4.69) is 19.0 Å². The third-order valence-electron chi connectivity index (χ3n) is 1.31. The van der Waals surface area contributed by atoms with Crippen LogP contribution in [0.3, 0.4) is 0 Å². The largest absolute Gasteiger partial charge is 0.353 e. The topological polar surface area (TPSA) is 43.1 Å². The SMILES string of the molecule is CC(C)Cc1cc(C=O)on1. The number of hydrogen-bond acceptors (Lipinski definition) is 3. The summed E-state index contributed by atoms with van der Waals surface area (Å²) in [4.78, 5) is 10.2. The maximum absolute atomic E-state index is 10.2. The summed E-state index contributed by atoms with van der Waals surface area (Å²) in [6.07, 6.45) is 1.52. The van der Waals surface area contributed by atoms with Crippen LogP contribution in [0, 0.1) is 5.92 Å². The second-order valence-electron chi connectivity index (χ2n) is 2.94. The van der Waals surface area contributed by atoms with Gasteiger partial charge in [0.1, 0.15) is 0 Å². The van der Waals surface area contributed by atoms with Crippen molar-refractivity contribution in [3.8, 4) is 0 Å². The summed E-state index contributed by atoms with van der Waals surface area (Å²) in [7, 11) is 0. The fraction of sp³-hybridized carbons (Fsp3) is 0.500. The molecular weight excluding hydrogens is 142 g/mol. The van der Waals surface area contributed by atoms with Gasteiger partial charge in [0.05, 0.1) is 5.69 Å². The van der Waals surface area contributed by atoms with Crippen LogP contribution in [0.15, 0.2) is 10.6 Å². The van der Waals surface area contributed by atoms with Crippen LogP contribution in [0.5, 0.6) is 0 Å². The molecule has 0 fully saturated rings. The Labute approximate surface area is 65.4 Å². The molecule has 0 saturated heterocycles. The van der Waals surface area contributed by atoms with Crippen LogP contribution in [0.2, 0.25) is 0 Å². The smallest absolute Gasteiger partial charge is 0.199 e. The number of aldehydes is 1. The summed E-state index contributed by atoms with van der Waals surface area (Å²) in [5.74, 6) is 0.847. The van der Waals surface area contributed by atoms with E-state index < -0.39 is 0 Å². The van der Waals surface area contributed by atoms with Gasteiger partial charge in [-0.15, -0.1) is 0 Å². The van der Waals surface area contributed by atoms with E-state index in [0.29, 0.717) is 18.0 Å². The van der Waals surface area contributed by atoms with Crippen molar-refractivity contribution in [1.82, 2.24) is 5.16 Å². The molecule has 11 heavy (non-hydrogen) atoms. The zero-order valence-corrected chi connectivity index (χ0v) is 6.70. The van der Waals surface area contributed by atoms with Gasteiger partial charge in [0.15, 0.2) is 12.0 Å². The lowest BCUT2D eigenvalue weighted by Crippen LogP contribution is -1.92. The molecule has 0 aliphatic rings. The molecule has 0 bridgehead atoms. The summed E-state index contributed by atoms with van der Waals surface area (Å²) >= 11 is 0. The average molecular weight is 153 g/mol. The molecule has 1 aromatic heterocycles. The Morgan fingerprint density at radius 1 is 1.73 bits per heavy atom. The van der Waals surface area contributed by atoms with Crippen molar-refractivity contribution in [3.05, 3.63) is 17.5 Å². The molecule has 0 spiro atoms. The van der Waals surface area contributed by atoms with E-state index >= 15 is 0 Å². The van der Waals surface area contributed by atoms with Gasteiger partial charge < -0.3 is 4.52 Å². The van der Waals surface area contributed by atoms with Crippen molar-refractivity contribution in [2.24, 2.45) is 5.92 Å². The minimum absolute atomic E-state index is 0.306. The molecule has 0 amide bonds. The van der Waals surface area contributed by atoms with Crippen molar-refractivity contribution >= 4 is 6.29 Å². The Bertz CT molecular complexity index is 240. The van der Waals surface area contributed by atoms with Gasteiger partial charge in [0.2, 0.25) is 0 Å². The number of nitrogens with zero attached hydrogens (tertiary/aromatic N) is 1. The fourth-order valence-corrected chi connectivity index (χ4v) is 0.898. The summed E-state index contributed by atoms with van der Waals surface area (Å²) in [5, 5.41) is 3.72. The molecule has 0 radical (unpaired) electrons. The van der Waals surface area contributed by atoms with E-state index in [0.717, 1.165) is 12.1 Å². The van der Waals surface area contributed by atoms with Crippen LogP contribution in [-0.4, -0.2) is 11.4 Å². The summed E-state index contributed by atoms with van der Waals surface area (Å²) in [5.41, 5.74) is 0.849. The standard InChI is InChI=1S/C8H11NO2/c1-6(2)3-7-4-8(5-10)11-9-7/h4-6H,3H2,1-2H3. The van der Waals surface area contributed by atoms with Crippen LogP contribution in [0.4, 0.5) is 0 Å². The molecule has 60 valence electrons. The van der Waals surface area contributed by atoms with E-state index in [1.165, 1.54) is 0 Å². The summed E-state index contributed by atoms with van der Waals surface area (Å²) < 4.78 is 4.70. The fourth-order valence-electron chi connectivity index (χ4n) is 0.898. The van der Waals surface area contributed by atoms with E-state index in [1.54, 1.807) is 6.07 Å². The molecule has 0 aliphatic heterocycles. The van der Waals surface area contributed by atoms with Gasteiger partial charge in [-0.3, -0.25) is 4.79 Å². The molecular formula is C8H11NO2. The first-order valence-corrected chi connectivity index (χ1v) is 3.63. The number of carbonyl (C=O) groups excluding carboxylic acids is 1. The Balaban J connectivity index is 2.65. The highest BCUT2D eigenvalue weighted by molar-refractivity contribution is 5.70. The van der Waals surface area contributed by atoms with Gasteiger partial charge >= 0.3 is 0 Å². The molecule has 1 rings (SSSR count). The highest BCUT2D eigenvalue weighted by atomic mass is 16.5. The quantitative estimate of drug-likeness (QED) is 0.620. The molecule has 0 aromatic carbocycles.